The number of rotatable bonds is 5. The Hall–Kier alpha value is -0.0800. The van der Waals surface area contributed by atoms with Gasteiger partial charge in [0.05, 0.1) is 0 Å². The number of nitrogens with one attached hydrogen (secondary N) is 1. The molecule has 0 amide bonds. The lowest BCUT2D eigenvalue weighted by atomic mass is 10.00. The fraction of sp³-hybridized carbons (Fsp3) is 1.00. The van der Waals surface area contributed by atoms with Gasteiger partial charge in [0.25, 0.3) is 0 Å². The van der Waals surface area contributed by atoms with Crippen LogP contribution in [0.3, 0.4) is 0 Å². The van der Waals surface area contributed by atoms with Crippen molar-refractivity contribution in [1.29, 1.82) is 0 Å². The van der Waals surface area contributed by atoms with E-state index >= 15 is 0 Å². The quantitative estimate of drug-likeness (QED) is 0.747. The normalized spacial score (nSPS) is 31.8. The van der Waals surface area contributed by atoms with Crippen LogP contribution >= 0.6 is 0 Å². The highest BCUT2D eigenvalue weighted by atomic mass is 15.1. The topological polar surface area (TPSA) is 15.3 Å². The molecule has 1 heterocycles. The lowest BCUT2D eigenvalue weighted by molar-refractivity contribution is 0.320. The van der Waals surface area contributed by atoms with Gasteiger partial charge in [0.15, 0.2) is 0 Å². The fourth-order valence-electron chi connectivity index (χ4n) is 2.59. The van der Waals surface area contributed by atoms with Gasteiger partial charge in [-0.15, -0.1) is 0 Å². The largest absolute Gasteiger partial charge is 0.313 e. The number of hydrogen-bond acceptors (Lipinski definition) is 2. The molecule has 2 nitrogen and oxygen atoms in total. The van der Waals surface area contributed by atoms with Gasteiger partial charge in [-0.25, -0.2) is 0 Å². The summed E-state index contributed by atoms with van der Waals surface area (Å²) in [5.41, 5.74) is 0.628. The molecule has 0 aromatic carbocycles. The van der Waals surface area contributed by atoms with Gasteiger partial charge in [-0.05, 0) is 57.2 Å². The average molecular weight is 210 g/mol. The Bertz CT molecular complexity index is 211. The predicted octanol–water partition coefficient (Wildman–Crippen LogP) is 2.11. The summed E-state index contributed by atoms with van der Waals surface area (Å²) in [7, 11) is 0. The van der Waals surface area contributed by atoms with Crippen molar-refractivity contribution in [2.75, 3.05) is 26.2 Å². The highest BCUT2D eigenvalue weighted by molar-refractivity contribution is 4.96. The van der Waals surface area contributed by atoms with Crippen LogP contribution in [-0.4, -0.2) is 37.1 Å². The molecule has 1 aliphatic heterocycles. The summed E-state index contributed by atoms with van der Waals surface area (Å²) in [5, 5.41) is 3.74. The highest BCUT2D eigenvalue weighted by Crippen LogP contribution is 2.47. The maximum atomic E-state index is 3.74. The molecule has 0 aromatic rings. The first-order chi connectivity index (χ1) is 7.14. The van der Waals surface area contributed by atoms with E-state index in [1.807, 2.05) is 0 Å². The minimum absolute atomic E-state index is 0.628. The van der Waals surface area contributed by atoms with E-state index in [-0.39, 0.29) is 0 Å². The molecule has 0 spiro atoms. The zero-order valence-corrected chi connectivity index (χ0v) is 10.6. The molecule has 1 aliphatic carbocycles. The second-order valence-corrected chi connectivity index (χ2v) is 5.83. The lowest BCUT2D eigenvalue weighted by Crippen LogP contribution is -2.37. The molecule has 1 saturated carbocycles. The maximum absolute atomic E-state index is 3.74. The van der Waals surface area contributed by atoms with Crippen LogP contribution in [0.1, 0.15) is 40.0 Å². The summed E-state index contributed by atoms with van der Waals surface area (Å²) in [6.07, 6.45) is 4.24. The van der Waals surface area contributed by atoms with Gasteiger partial charge < -0.3 is 10.2 Å². The summed E-state index contributed by atoms with van der Waals surface area (Å²) >= 11 is 0. The fourth-order valence-corrected chi connectivity index (χ4v) is 2.59. The first-order valence-corrected chi connectivity index (χ1v) is 6.60. The summed E-state index contributed by atoms with van der Waals surface area (Å²) in [4.78, 5) is 2.57. The Labute approximate surface area is 94.4 Å². The Morgan fingerprint density at radius 3 is 2.73 bits per heavy atom. The van der Waals surface area contributed by atoms with Gasteiger partial charge >= 0.3 is 0 Å². The van der Waals surface area contributed by atoms with Crippen molar-refractivity contribution in [3.05, 3.63) is 0 Å². The Kier molecular flexibility index (Phi) is 3.36. The van der Waals surface area contributed by atoms with Crippen LogP contribution in [0.5, 0.6) is 0 Å². The zero-order chi connectivity index (χ0) is 10.9. The van der Waals surface area contributed by atoms with E-state index in [1.165, 1.54) is 45.4 Å². The zero-order valence-electron chi connectivity index (χ0n) is 10.6. The first kappa shape index (κ1) is 11.4. The van der Waals surface area contributed by atoms with Crippen molar-refractivity contribution in [3.8, 4) is 0 Å². The molecule has 0 bridgehead atoms. The molecule has 2 aliphatic rings. The van der Waals surface area contributed by atoms with E-state index in [1.54, 1.807) is 0 Å². The van der Waals surface area contributed by atoms with Crippen molar-refractivity contribution in [2.24, 2.45) is 11.3 Å². The van der Waals surface area contributed by atoms with Gasteiger partial charge in [0.1, 0.15) is 0 Å². The summed E-state index contributed by atoms with van der Waals surface area (Å²) in [5.74, 6) is 0.898. The van der Waals surface area contributed by atoms with Crippen LogP contribution in [-0.2, 0) is 0 Å². The lowest BCUT2D eigenvalue weighted by Gasteiger charge is -2.22. The number of nitrogens with zero attached hydrogens (tertiary/aromatic N) is 1. The summed E-state index contributed by atoms with van der Waals surface area (Å²) in [6.45, 7) is 12.1. The molecule has 0 radical (unpaired) electrons. The SMILES string of the molecule is CCN1CCC(CNC(C)C2(C)CC2)C1. The molecule has 1 N–H and O–H groups in total. The second kappa shape index (κ2) is 4.42. The third-order valence-corrected chi connectivity index (χ3v) is 4.61. The Balaban J connectivity index is 1.66. The molecular formula is C13H26N2. The molecule has 88 valence electrons. The van der Waals surface area contributed by atoms with E-state index in [2.05, 4.69) is 31.0 Å². The Morgan fingerprint density at radius 2 is 2.20 bits per heavy atom. The average Bonchev–Trinajstić information content (AvgIpc) is 2.83. The van der Waals surface area contributed by atoms with E-state index < -0.39 is 0 Å². The van der Waals surface area contributed by atoms with Crippen molar-refractivity contribution in [1.82, 2.24) is 10.2 Å². The van der Waals surface area contributed by atoms with Crippen LogP contribution in [0.15, 0.2) is 0 Å². The second-order valence-electron chi connectivity index (χ2n) is 5.83. The molecule has 2 rings (SSSR count). The Morgan fingerprint density at radius 1 is 1.47 bits per heavy atom. The van der Waals surface area contributed by atoms with Crippen LogP contribution in [0, 0.1) is 11.3 Å². The van der Waals surface area contributed by atoms with Crippen LogP contribution in [0.2, 0.25) is 0 Å². The number of hydrogen-bond donors (Lipinski definition) is 1. The standard InChI is InChI=1S/C13H26N2/c1-4-15-8-5-12(10-15)9-14-11(2)13(3)6-7-13/h11-12,14H,4-10H2,1-3H3. The van der Waals surface area contributed by atoms with Crippen molar-refractivity contribution in [3.63, 3.8) is 0 Å². The molecular weight excluding hydrogens is 184 g/mol. The molecule has 2 heteroatoms. The van der Waals surface area contributed by atoms with Crippen LogP contribution in [0.25, 0.3) is 0 Å². The molecule has 2 fully saturated rings. The molecule has 15 heavy (non-hydrogen) atoms. The minimum atomic E-state index is 0.628. The maximum Gasteiger partial charge on any atom is 0.00926 e. The van der Waals surface area contributed by atoms with Gasteiger partial charge in [0, 0.05) is 12.6 Å². The summed E-state index contributed by atoms with van der Waals surface area (Å²) < 4.78 is 0. The molecule has 0 aromatic heterocycles. The van der Waals surface area contributed by atoms with Gasteiger partial charge in [-0.3, -0.25) is 0 Å². The first-order valence-electron chi connectivity index (χ1n) is 6.60. The molecule has 2 unspecified atom stereocenters. The van der Waals surface area contributed by atoms with Gasteiger partial charge in [-0.1, -0.05) is 13.8 Å². The third kappa shape index (κ3) is 2.73. The van der Waals surface area contributed by atoms with Crippen molar-refractivity contribution in [2.45, 2.75) is 46.1 Å². The van der Waals surface area contributed by atoms with E-state index in [0.717, 1.165) is 5.92 Å². The van der Waals surface area contributed by atoms with Gasteiger partial charge in [-0.2, -0.15) is 0 Å². The van der Waals surface area contributed by atoms with Crippen molar-refractivity contribution < 1.29 is 0 Å². The predicted molar refractivity (Wildman–Crippen MR) is 65.0 cm³/mol. The smallest absolute Gasteiger partial charge is 0.00926 e. The summed E-state index contributed by atoms with van der Waals surface area (Å²) in [6, 6.07) is 0.716. The van der Waals surface area contributed by atoms with Gasteiger partial charge in [0.2, 0.25) is 0 Å². The molecule has 2 atom stereocenters. The van der Waals surface area contributed by atoms with E-state index in [4.69, 9.17) is 0 Å². The van der Waals surface area contributed by atoms with Crippen LogP contribution in [0.4, 0.5) is 0 Å². The molecule has 1 saturated heterocycles. The number of likely N-dealkylation sites (tertiary alicyclic amines) is 1. The van der Waals surface area contributed by atoms with E-state index in [9.17, 15) is 0 Å². The van der Waals surface area contributed by atoms with E-state index in [0.29, 0.717) is 11.5 Å². The minimum Gasteiger partial charge on any atom is -0.313 e. The monoisotopic (exact) mass is 210 g/mol. The third-order valence-electron chi connectivity index (χ3n) is 4.61. The van der Waals surface area contributed by atoms with Crippen LogP contribution < -0.4 is 5.32 Å². The van der Waals surface area contributed by atoms with Crippen molar-refractivity contribution >= 4 is 0 Å². The highest BCUT2D eigenvalue weighted by Gasteiger charge is 2.42.